The Bertz CT molecular complexity index is 1250. The van der Waals surface area contributed by atoms with Crippen LogP contribution in [0.2, 0.25) is 5.02 Å². The maximum Gasteiger partial charge on any atom is 0.336 e. The molecule has 0 saturated carbocycles. The van der Waals surface area contributed by atoms with Gasteiger partial charge in [-0.1, -0.05) is 30.3 Å². The van der Waals surface area contributed by atoms with E-state index in [1.54, 1.807) is 0 Å². The molecular weight excluding hydrogens is 434 g/mol. The molecule has 1 fully saturated rings. The molecule has 0 N–H and O–H groups in total. The number of hydrogen-bond acceptors (Lipinski definition) is 7. The van der Waals surface area contributed by atoms with Gasteiger partial charge in [-0.05, 0) is 36.1 Å². The lowest BCUT2D eigenvalue weighted by Crippen LogP contribution is -2.09. The smallest absolute Gasteiger partial charge is 0.336 e. The molecule has 0 amide bonds. The molecule has 1 atom stereocenters. The van der Waals surface area contributed by atoms with Crippen molar-refractivity contribution in [3.63, 3.8) is 0 Å². The topological polar surface area (TPSA) is 95.1 Å². The fourth-order valence-electron chi connectivity index (χ4n) is 3.63. The molecule has 3 heterocycles. The summed E-state index contributed by atoms with van der Waals surface area (Å²) in [6, 6.07) is 5.12. The molecule has 1 saturated heterocycles. The van der Waals surface area contributed by atoms with Crippen molar-refractivity contribution in [3.8, 4) is 0 Å². The number of nitrogens with zero attached hydrogens (tertiary/aromatic N) is 3. The predicted octanol–water partition coefficient (Wildman–Crippen LogP) is 3.33. The van der Waals surface area contributed by atoms with Crippen LogP contribution in [0.25, 0.3) is 11.0 Å². The molecule has 29 heavy (non-hydrogen) atoms. The minimum absolute atomic E-state index is 0.117. The summed E-state index contributed by atoms with van der Waals surface area (Å²) in [6.07, 6.45) is 1.32. The average molecular weight is 454 g/mol. The number of thioether (sulfide) groups is 1. The van der Waals surface area contributed by atoms with Gasteiger partial charge < -0.3 is 8.98 Å². The van der Waals surface area contributed by atoms with Crippen molar-refractivity contribution in [1.82, 2.24) is 14.8 Å². The highest BCUT2D eigenvalue weighted by molar-refractivity contribution is 7.98. The van der Waals surface area contributed by atoms with Crippen molar-refractivity contribution in [2.24, 2.45) is 7.05 Å². The highest BCUT2D eigenvalue weighted by Crippen LogP contribution is 2.32. The number of rotatable bonds is 5. The summed E-state index contributed by atoms with van der Waals surface area (Å²) in [5, 5.41) is 10.5. The van der Waals surface area contributed by atoms with Crippen LogP contribution in [0.5, 0.6) is 0 Å². The first kappa shape index (κ1) is 20.4. The lowest BCUT2D eigenvalue weighted by molar-refractivity contribution is 0.559. The Balaban J connectivity index is 1.61. The van der Waals surface area contributed by atoms with Gasteiger partial charge >= 0.3 is 5.63 Å². The van der Waals surface area contributed by atoms with Gasteiger partial charge in [0.2, 0.25) is 0 Å². The second-order valence-corrected chi connectivity index (χ2v) is 10.8. The summed E-state index contributed by atoms with van der Waals surface area (Å²) in [5.74, 6) is 1.36. The van der Waals surface area contributed by atoms with Crippen molar-refractivity contribution < 1.29 is 12.8 Å². The third-order valence-electron chi connectivity index (χ3n) is 5.20. The van der Waals surface area contributed by atoms with Crippen LogP contribution in [0, 0.1) is 0 Å². The largest absolute Gasteiger partial charge is 0.423 e. The van der Waals surface area contributed by atoms with E-state index in [1.165, 1.54) is 17.8 Å². The molecule has 1 unspecified atom stereocenters. The van der Waals surface area contributed by atoms with Gasteiger partial charge in [-0.15, -0.1) is 10.2 Å². The van der Waals surface area contributed by atoms with Crippen LogP contribution in [0.3, 0.4) is 0 Å². The molecule has 4 rings (SSSR count). The van der Waals surface area contributed by atoms with Gasteiger partial charge in [0.05, 0.1) is 11.5 Å². The van der Waals surface area contributed by atoms with Crippen molar-refractivity contribution in [1.29, 1.82) is 0 Å². The molecule has 0 spiro atoms. The first-order chi connectivity index (χ1) is 13.8. The average Bonchev–Trinajstić information content (AvgIpc) is 3.21. The zero-order valence-electron chi connectivity index (χ0n) is 16.0. The highest BCUT2D eigenvalue weighted by Gasteiger charge is 2.32. The predicted molar refractivity (Wildman–Crippen MR) is 113 cm³/mol. The number of aromatic nitrogens is 3. The number of halogens is 1. The van der Waals surface area contributed by atoms with Gasteiger partial charge in [0.15, 0.2) is 15.0 Å². The summed E-state index contributed by atoms with van der Waals surface area (Å²) in [5.41, 5.74) is 1.84. The Morgan fingerprint density at radius 3 is 2.76 bits per heavy atom. The molecule has 1 aromatic carbocycles. The van der Waals surface area contributed by atoms with Gasteiger partial charge in [-0.3, -0.25) is 0 Å². The maximum absolute atomic E-state index is 12.0. The van der Waals surface area contributed by atoms with Gasteiger partial charge in [0.25, 0.3) is 0 Å². The van der Waals surface area contributed by atoms with E-state index in [0.717, 1.165) is 22.9 Å². The summed E-state index contributed by atoms with van der Waals surface area (Å²) in [6.45, 7) is 1.99. The molecule has 0 aliphatic carbocycles. The van der Waals surface area contributed by atoms with E-state index in [2.05, 4.69) is 10.2 Å². The Kier molecular flexibility index (Phi) is 5.48. The zero-order chi connectivity index (χ0) is 20.8. The molecule has 10 heteroatoms. The van der Waals surface area contributed by atoms with Crippen LogP contribution in [0.15, 0.2) is 32.6 Å². The Morgan fingerprint density at radius 2 is 2.07 bits per heavy atom. The number of sulfone groups is 1. The normalized spacial score (nSPS) is 18.5. The zero-order valence-corrected chi connectivity index (χ0v) is 18.4. The van der Waals surface area contributed by atoms with E-state index >= 15 is 0 Å². The van der Waals surface area contributed by atoms with E-state index in [9.17, 15) is 13.2 Å². The van der Waals surface area contributed by atoms with Crippen molar-refractivity contribution >= 4 is 44.2 Å². The van der Waals surface area contributed by atoms with E-state index < -0.39 is 15.5 Å². The minimum Gasteiger partial charge on any atom is -0.423 e. The Labute approximate surface area is 177 Å². The van der Waals surface area contributed by atoms with E-state index in [1.807, 2.05) is 30.7 Å². The highest BCUT2D eigenvalue weighted by atomic mass is 35.5. The van der Waals surface area contributed by atoms with E-state index in [0.29, 0.717) is 33.8 Å². The molecule has 3 aromatic rings. The summed E-state index contributed by atoms with van der Waals surface area (Å²) in [7, 11) is -1.15. The first-order valence-corrected chi connectivity index (χ1v) is 12.4. The SMILES string of the molecule is CCc1cc2oc(=O)cc(CSc3nnc(C4CCS(=O)(=O)C4)n3C)c2cc1Cl. The fourth-order valence-corrected chi connectivity index (χ4v) is 6.57. The van der Waals surface area contributed by atoms with Crippen LogP contribution < -0.4 is 5.63 Å². The van der Waals surface area contributed by atoms with Gasteiger partial charge in [0.1, 0.15) is 11.4 Å². The minimum atomic E-state index is -2.99. The molecule has 154 valence electrons. The third kappa shape index (κ3) is 4.08. The second kappa shape index (κ2) is 7.77. The van der Waals surface area contributed by atoms with Crippen molar-refractivity contribution in [2.45, 2.75) is 36.6 Å². The van der Waals surface area contributed by atoms with Crippen molar-refractivity contribution in [2.75, 3.05) is 11.5 Å². The van der Waals surface area contributed by atoms with Crippen LogP contribution in [0.1, 0.15) is 36.2 Å². The molecule has 2 aromatic heterocycles. The van der Waals surface area contributed by atoms with Gasteiger partial charge in [-0.25, -0.2) is 13.2 Å². The van der Waals surface area contributed by atoms with Crippen molar-refractivity contribution in [3.05, 3.63) is 50.6 Å². The van der Waals surface area contributed by atoms with Gasteiger partial charge in [0, 0.05) is 35.2 Å². The fraction of sp³-hybridized carbons (Fsp3) is 0.421. The Morgan fingerprint density at radius 1 is 1.28 bits per heavy atom. The lowest BCUT2D eigenvalue weighted by Gasteiger charge is -2.09. The van der Waals surface area contributed by atoms with E-state index in [-0.39, 0.29) is 17.4 Å². The molecule has 0 bridgehead atoms. The van der Waals surface area contributed by atoms with Crippen LogP contribution in [0.4, 0.5) is 0 Å². The van der Waals surface area contributed by atoms with Crippen LogP contribution in [-0.4, -0.2) is 34.7 Å². The van der Waals surface area contributed by atoms with E-state index in [4.69, 9.17) is 16.0 Å². The number of aryl methyl sites for hydroxylation is 1. The molecule has 0 radical (unpaired) electrons. The molecular formula is C19H20ClN3O4S2. The number of fused-ring (bicyclic) bond motifs is 1. The number of hydrogen-bond donors (Lipinski definition) is 0. The van der Waals surface area contributed by atoms with Crippen LogP contribution in [-0.2, 0) is 29.1 Å². The first-order valence-electron chi connectivity index (χ1n) is 9.25. The van der Waals surface area contributed by atoms with Gasteiger partial charge in [-0.2, -0.15) is 0 Å². The standard InChI is InChI=1S/C19H20ClN3O4S2/c1-3-11-6-16-14(8-15(11)20)13(7-17(24)27-16)9-28-19-22-21-18(23(19)2)12-4-5-29(25,26)10-12/h6-8,12H,3-5,9-10H2,1-2H3. The summed E-state index contributed by atoms with van der Waals surface area (Å²) < 4.78 is 30.7. The molecule has 1 aliphatic rings. The third-order valence-corrected chi connectivity index (χ3v) is 8.39. The molecule has 7 nitrogen and oxygen atoms in total. The quantitative estimate of drug-likeness (QED) is 0.432. The monoisotopic (exact) mass is 453 g/mol. The maximum atomic E-state index is 12.0. The second-order valence-electron chi connectivity index (χ2n) is 7.17. The summed E-state index contributed by atoms with van der Waals surface area (Å²) >= 11 is 7.79. The van der Waals surface area contributed by atoms with Crippen LogP contribution >= 0.6 is 23.4 Å². The molecule has 1 aliphatic heterocycles. The number of benzene rings is 1. The Hall–Kier alpha value is -1.84. The lowest BCUT2D eigenvalue weighted by atomic mass is 10.1. The summed E-state index contributed by atoms with van der Waals surface area (Å²) in [4.78, 5) is 12.0.